The lowest BCUT2D eigenvalue weighted by Crippen LogP contribution is -2.43. The van der Waals surface area contributed by atoms with Crippen LogP contribution in [-0.2, 0) is 11.3 Å². The average molecular weight is 252 g/mol. The monoisotopic (exact) mass is 252 g/mol. The molecule has 1 aliphatic rings. The van der Waals surface area contributed by atoms with Crippen molar-refractivity contribution in [3.05, 3.63) is 6.33 Å². The van der Waals surface area contributed by atoms with Gasteiger partial charge in [-0.25, -0.2) is 9.67 Å². The molecule has 1 saturated heterocycles. The maximum Gasteiger partial charge on any atom is 0.244 e. The molecule has 2 N–H and O–H groups in total. The third-order valence-corrected chi connectivity index (χ3v) is 3.22. The molecule has 18 heavy (non-hydrogen) atoms. The van der Waals surface area contributed by atoms with Gasteiger partial charge in [-0.15, -0.1) is 5.10 Å². The van der Waals surface area contributed by atoms with Crippen LogP contribution in [0.5, 0.6) is 0 Å². The van der Waals surface area contributed by atoms with E-state index < -0.39 is 0 Å². The number of carbonyl (C=O) groups is 1. The zero-order valence-corrected chi connectivity index (χ0v) is 10.9. The topological polar surface area (TPSA) is 80.3 Å². The van der Waals surface area contributed by atoms with Crippen LogP contribution in [0.1, 0.15) is 13.3 Å². The summed E-state index contributed by atoms with van der Waals surface area (Å²) in [6.45, 7) is 5.03. The number of hydrogen-bond donors (Lipinski definition) is 1. The van der Waals surface area contributed by atoms with Gasteiger partial charge in [-0.05, 0) is 26.9 Å². The van der Waals surface area contributed by atoms with Gasteiger partial charge in [0.25, 0.3) is 0 Å². The first-order chi connectivity index (χ1) is 8.56. The van der Waals surface area contributed by atoms with E-state index in [4.69, 9.17) is 5.73 Å². The number of nitrogens with zero attached hydrogens (tertiary/aromatic N) is 5. The van der Waals surface area contributed by atoms with Crippen molar-refractivity contribution in [1.29, 1.82) is 0 Å². The minimum Gasteiger partial charge on any atom is -0.367 e. The molecular weight excluding hydrogens is 232 g/mol. The van der Waals surface area contributed by atoms with Crippen LogP contribution in [-0.4, -0.2) is 63.2 Å². The van der Waals surface area contributed by atoms with E-state index in [0.717, 1.165) is 26.1 Å². The second kappa shape index (κ2) is 5.34. The molecule has 100 valence electrons. The minimum atomic E-state index is 0.0719. The van der Waals surface area contributed by atoms with E-state index in [1.165, 1.54) is 11.0 Å². The predicted molar refractivity (Wildman–Crippen MR) is 67.7 cm³/mol. The van der Waals surface area contributed by atoms with E-state index in [-0.39, 0.29) is 24.4 Å². The van der Waals surface area contributed by atoms with Gasteiger partial charge in [0.15, 0.2) is 0 Å². The third kappa shape index (κ3) is 2.98. The zero-order valence-electron chi connectivity index (χ0n) is 10.9. The Bertz CT molecular complexity index is 417. The third-order valence-electron chi connectivity index (χ3n) is 3.22. The lowest BCUT2D eigenvalue weighted by molar-refractivity contribution is -0.133. The van der Waals surface area contributed by atoms with Crippen LogP contribution in [0.15, 0.2) is 6.33 Å². The molecule has 1 aliphatic heterocycles. The Balaban J connectivity index is 1.99. The van der Waals surface area contributed by atoms with Crippen molar-refractivity contribution < 1.29 is 4.79 Å². The molecule has 1 unspecified atom stereocenters. The van der Waals surface area contributed by atoms with E-state index >= 15 is 0 Å². The molecule has 1 aromatic heterocycles. The molecule has 0 aliphatic carbocycles. The van der Waals surface area contributed by atoms with Gasteiger partial charge in [0.1, 0.15) is 12.9 Å². The lowest BCUT2D eigenvalue weighted by Gasteiger charge is -2.27. The SMILES string of the molecule is CC1CN(C)CCCN1C(=O)Cn1cnc(N)n1. The van der Waals surface area contributed by atoms with Gasteiger partial charge in [0.05, 0.1) is 0 Å². The van der Waals surface area contributed by atoms with E-state index in [0.29, 0.717) is 0 Å². The summed E-state index contributed by atoms with van der Waals surface area (Å²) in [5, 5.41) is 3.93. The number of nitrogen functional groups attached to an aromatic ring is 1. The van der Waals surface area contributed by atoms with Gasteiger partial charge in [-0.2, -0.15) is 0 Å². The largest absolute Gasteiger partial charge is 0.367 e. The standard InChI is InChI=1S/C11H20N6O/c1-9-6-15(2)4-3-5-17(9)10(18)7-16-8-13-11(12)14-16/h8-9H,3-7H2,1-2H3,(H2,12,14). The molecule has 1 fully saturated rings. The second-order valence-corrected chi connectivity index (χ2v) is 4.85. The molecule has 7 nitrogen and oxygen atoms in total. The van der Waals surface area contributed by atoms with Crippen LogP contribution < -0.4 is 5.73 Å². The van der Waals surface area contributed by atoms with Crippen molar-refractivity contribution in [2.24, 2.45) is 0 Å². The maximum absolute atomic E-state index is 12.2. The quantitative estimate of drug-likeness (QED) is 0.761. The summed E-state index contributed by atoms with van der Waals surface area (Å²) in [6, 6.07) is 0.228. The maximum atomic E-state index is 12.2. The Morgan fingerprint density at radius 2 is 2.33 bits per heavy atom. The van der Waals surface area contributed by atoms with E-state index in [1.807, 2.05) is 4.90 Å². The Kier molecular flexibility index (Phi) is 3.81. The number of likely N-dealkylation sites (N-methyl/N-ethyl adjacent to an activating group) is 1. The Morgan fingerprint density at radius 3 is 3.00 bits per heavy atom. The van der Waals surface area contributed by atoms with Crippen molar-refractivity contribution in [3.8, 4) is 0 Å². The lowest BCUT2D eigenvalue weighted by atomic mass is 10.2. The van der Waals surface area contributed by atoms with Crippen LogP contribution in [0.25, 0.3) is 0 Å². The summed E-state index contributed by atoms with van der Waals surface area (Å²) < 4.78 is 1.49. The predicted octanol–water partition coefficient (Wildman–Crippen LogP) is -0.587. The number of aromatic nitrogens is 3. The first-order valence-electron chi connectivity index (χ1n) is 6.19. The number of carbonyl (C=O) groups excluding carboxylic acids is 1. The normalized spacial score (nSPS) is 21.9. The number of anilines is 1. The molecule has 2 heterocycles. The summed E-state index contributed by atoms with van der Waals surface area (Å²) in [5.74, 6) is 0.272. The van der Waals surface area contributed by atoms with Crippen LogP contribution in [0, 0.1) is 0 Å². The molecular formula is C11H20N6O. The summed E-state index contributed by atoms with van der Waals surface area (Å²) in [7, 11) is 2.09. The number of nitrogens with two attached hydrogens (primary N) is 1. The van der Waals surface area contributed by atoms with Crippen LogP contribution in [0.2, 0.25) is 0 Å². The molecule has 0 bridgehead atoms. The minimum absolute atomic E-state index is 0.0719. The van der Waals surface area contributed by atoms with Gasteiger partial charge in [-0.3, -0.25) is 4.79 Å². The molecule has 1 atom stereocenters. The fourth-order valence-electron chi connectivity index (χ4n) is 2.36. The summed E-state index contributed by atoms with van der Waals surface area (Å²) in [5.41, 5.74) is 5.43. The van der Waals surface area contributed by atoms with Gasteiger partial charge in [-0.1, -0.05) is 0 Å². The van der Waals surface area contributed by atoms with Crippen molar-refractivity contribution in [2.75, 3.05) is 32.4 Å². The molecule has 7 heteroatoms. The smallest absolute Gasteiger partial charge is 0.244 e. The second-order valence-electron chi connectivity index (χ2n) is 4.85. The molecule has 2 rings (SSSR count). The first kappa shape index (κ1) is 12.8. The average Bonchev–Trinajstić information content (AvgIpc) is 2.60. The Hall–Kier alpha value is -1.63. The fraction of sp³-hybridized carbons (Fsp3) is 0.727. The Morgan fingerprint density at radius 1 is 1.56 bits per heavy atom. The molecule has 0 spiro atoms. The van der Waals surface area contributed by atoms with Gasteiger partial charge >= 0.3 is 0 Å². The summed E-state index contributed by atoms with van der Waals surface area (Å²) in [4.78, 5) is 20.2. The Labute approximate surface area is 107 Å². The molecule has 0 radical (unpaired) electrons. The van der Waals surface area contributed by atoms with Gasteiger partial charge < -0.3 is 15.5 Å². The van der Waals surface area contributed by atoms with E-state index in [9.17, 15) is 4.79 Å². The van der Waals surface area contributed by atoms with Crippen LogP contribution in [0.4, 0.5) is 5.95 Å². The molecule has 1 amide bonds. The van der Waals surface area contributed by atoms with E-state index in [2.05, 4.69) is 29.0 Å². The van der Waals surface area contributed by atoms with Crippen molar-refractivity contribution >= 4 is 11.9 Å². The van der Waals surface area contributed by atoms with Gasteiger partial charge in [0.2, 0.25) is 11.9 Å². The van der Waals surface area contributed by atoms with Crippen molar-refractivity contribution in [1.82, 2.24) is 24.6 Å². The number of rotatable bonds is 2. The fourth-order valence-corrected chi connectivity index (χ4v) is 2.36. The first-order valence-corrected chi connectivity index (χ1v) is 6.19. The summed E-state index contributed by atoms with van der Waals surface area (Å²) >= 11 is 0. The highest BCUT2D eigenvalue weighted by atomic mass is 16.2. The van der Waals surface area contributed by atoms with E-state index in [1.54, 1.807) is 0 Å². The van der Waals surface area contributed by atoms with Crippen LogP contribution >= 0.6 is 0 Å². The van der Waals surface area contributed by atoms with Crippen molar-refractivity contribution in [2.45, 2.75) is 25.9 Å². The molecule has 0 aromatic carbocycles. The molecule has 0 saturated carbocycles. The highest BCUT2D eigenvalue weighted by Crippen LogP contribution is 2.09. The number of hydrogen-bond acceptors (Lipinski definition) is 5. The summed E-state index contributed by atoms with van der Waals surface area (Å²) in [6.07, 6.45) is 2.49. The van der Waals surface area contributed by atoms with Gasteiger partial charge in [0, 0.05) is 19.1 Å². The number of amides is 1. The highest BCUT2D eigenvalue weighted by molar-refractivity contribution is 5.76. The van der Waals surface area contributed by atoms with Crippen LogP contribution in [0.3, 0.4) is 0 Å². The molecule has 1 aromatic rings. The zero-order chi connectivity index (χ0) is 13.1. The van der Waals surface area contributed by atoms with Crippen molar-refractivity contribution in [3.63, 3.8) is 0 Å². The highest BCUT2D eigenvalue weighted by Gasteiger charge is 2.24.